The molecule has 12 heteroatoms. The number of aromatic nitrogens is 2. The molecule has 4 aromatic rings. The van der Waals surface area contributed by atoms with Gasteiger partial charge in [0.2, 0.25) is 0 Å². The minimum Gasteiger partial charge on any atom is -0.355 e. The van der Waals surface area contributed by atoms with E-state index in [0.717, 1.165) is 32.0 Å². The molecule has 1 aliphatic rings. The van der Waals surface area contributed by atoms with Gasteiger partial charge in [-0.3, -0.25) is 9.78 Å². The molecule has 2 heterocycles. The number of hydrogen-bond donors (Lipinski definition) is 2. The summed E-state index contributed by atoms with van der Waals surface area (Å²) in [5, 5.41) is 3.90. The van der Waals surface area contributed by atoms with Gasteiger partial charge in [0.25, 0.3) is 0 Å². The lowest BCUT2D eigenvalue weighted by Gasteiger charge is -2.16. The zero-order valence-corrected chi connectivity index (χ0v) is 20.9. The zero-order chi connectivity index (χ0) is 27.7. The highest BCUT2D eigenvalue weighted by atomic mass is 35.5. The van der Waals surface area contributed by atoms with Crippen molar-refractivity contribution in [2.75, 3.05) is 28.6 Å². The van der Waals surface area contributed by atoms with E-state index in [-0.39, 0.29) is 22.5 Å². The molecule has 0 unspecified atom stereocenters. The molecule has 0 aliphatic carbocycles. The number of benzene rings is 3. The van der Waals surface area contributed by atoms with E-state index in [1.807, 2.05) is 0 Å². The maximum absolute atomic E-state index is 15.3. The summed E-state index contributed by atoms with van der Waals surface area (Å²) in [5.74, 6) is -0.933. The molecule has 0 bridgehead atoms. The molecule has 2 N–H and O–H groups in total. The lowest BCUT2D eigenvalue weighted by molar-refractivity contribution is -0.137. The molecule has 1 aliphatic heterocycles. The summed E-state index contributed by atoms with van der Waals surface area (Å²) in [6.45, 7) is 1.75. The average Bonchev–Trinajstić information content (AvgIpc) is 3.44. The van der Waals surface area contributed by atoms with Crippen molar-refractivity contribution in [3.63, 3.8) is 0 Å². The van der Waals surface area contributed by atoms with Crippen LogP contribution in [0.15, 0.2) is 60.8 Å². The topological polar surface area (TPSA) is 87.2 Å². The monoisotopic (exact) mass is 557 g/mol. The number of anilines is 3. The molecule has 5 rings (SSSR count). The van der Waals surface area contributed by atoms with Crippen LogP contribution in [0.2, 0.25) is 5.02 Å². The van der Waals surface area contributed by atoms with Crippen molar-refractivity contribution in [1.29, 1.82) is 0 Å². The molecule has 0 radical (unpaired) electrons. The van der Waals surface area contributed by atoms with Crippen LogP contribution in [0.4, 0.5) is 39.5 Å². The number of ketones is 1. The summed E-state index contributed by atoms with van der Waals surface area (Å²) in [7, 11) is 0. The Morgan fingerprint density at radius 1 is 0.949 bits per heavy atom. The molecule has 1 saturated heterocycles. The lowest BCUT2D eigenvalue weighted by Crippen LogP contribution is -2.21. The Morgan fingerprint density at radius 3 is 2.46 bits per heavy atom. The molecule has 3 aromatic carbocycles. The van der Waals surface area contributed by atoms with Gasteiger partial charge in [-0.05, 0) is 61.4 Å². The van der Waals surface area contributed by atoms with Gasteiger partial charge in [0.05, 0.1) is 39.1 Å². The number of nitrogens with zero attached hydrogens (tertiary/aromatic N) is 3. The van der Waals surface area contributed by atoms with Crippen LogP contribution >= 0.6 is 11.6 Å². The number of carbonyl (C=O) groups excluding carboxylic acids is 2. The third kappa shape index (κ3) is 5.63. The number of fused-ring (bicyclic) bond motifs is 1. The molecule has 39 heavy (non-hydrogen) atoms. The summed E-state index contributed by atoms with van der Waals surface area (Å²) < 4.78 is 54.6. The first-order valence-electron chi connectivity index (χ1n) is 11.9. The summed E-state index contributed by atoms with van der Waals surface area (Å²) in [4.78, 5) is 36.7. The van der Waals surface area contributed by atoms with E-state index in [1.54, 1.807) is 12.3 Å². The molecular weight excluding hydrogens is 538 g/mol. The van der Waals surface area contributed by atoms with E-state index < -0.39 is 34.4 Å². The number of carbonyl (C=O) groups is 2. The van der Waals surface area contributed by atoms with Gasteiger partial charge >= 0.3 is 12.2 Å². The van der Waals surface area contributed by atoms with Gasteiger partial charge in [-0.25, -0.2) is 14.2 Å². The highest BCUT2D eigenvalue weighted by Gasteiger charge is 2.33. The summed E-state index contributed by atoms with van der Waals surface area (Å²) in [5.41, 5.74) is -0.729. The van der Waals surface area contributed by atoms with Crippen molar-refractivity contribution in [2.24, 2.45) is 0 Å². The Balaban J connectivity index is 1.35. The molecule has 0 spiro atoms. The van der Waals surface area contributed by atoms with Crippen molar-refractivity contribution in [3.05, 3.63) is 88.3 Å². The van der Waals surface area contributed by atoms with Crippen molar-refractivity contribution in [3.8, 4) is 0 Å². The number of halogens is 5. The second-order valence-corrected chi connectivity index (χ2v) is 9.30. The number of hydrogen-bond acceptors (Lipinski definition) is 5. The number of rotatable bonds is 5. The first kappa shape index (κ1) is 26.4. The number of nitrogens with one attached hydrogen (secondary N) is 2. The third-order valence-electron chi connectivity index (χ3n) is 6.24. The van der Waals surface area contributed by atoms with Gasteiger partial charge in [0.1, 0.15) is 5.82 Å². The van der Waals surface area contributed by atoms with Crippen LogP contribution in [0.3, 0.4) is 0 Å². The number of urea groups is 1. The fourth-order valence-corrected chi connectivity index (χ4v) is 4.53. The maximum atomic E-state index is 15.3. The van der Waals surface area contributed by atoms with Gasteiger partial charge in [0, 0.05) is 24.3 Å². The van der Waals surface area contributed by atoms with Crippen molar-refractivity contribution < 1.29 is 27.2 Å². The number of alkyl halides is 3. The Labute approximate surface area is 224 Å². The SMILES string of the molecule is O=C(Nc1ccc(Cl)c(C(F)(F)F)c1)Nc1cccc(C(=O)c2ccc3ncc(N4CCCC4)nc3c2)c1F. The Kier molecular flexibility index (Phi) is 7.09. The van der Waals surface area contributed by atoms with E-state index >= 15 is 4.39 Å². The van der Waals surface area contributed by atoms with Crippen LogP contribution in [0.25, 0.3) is 11.0 Å². The zero-order valence-electron chi connectivity index (χ0n) is 20.1. The van der Waals surface area contributed by atoms with Gasteiger partial charge in [-0.15, -0.1) is 0 Å². The second kappa shape index (κ2) is 10.5. The second-order valence-electron chi connectivity index (χ2n) is 8.89. The highest BCUT2D eigenvalue weighted by Crippen LogP contribution is 2.36. The van der Waals surface area contributed by atoms with Crippen LogP contribution in [-0.4, -0.2) is 34.9 Å². The summed E-state index contributed by atoms with van der Waals surface area (Å²) in [6.07, 6.45) is -0.915. The van der Waals surface area contributed by atoms with Crippen LogP contribution in [-0.2, 0) is 6.18 Å². The minimum atomic E-state index is -4.73. The average molecular weight is 558 g/mol. The Morgan fingerprint density at radius 2 is 1.72 bits per heavy atom. The Bertz CT molecular complexity index is 1590. The fourth-order valence-electron chi connectivity index (χ4n) is 4.31. The standard InChI is InChI=1S/C27H20ClF4N5O2/c28-19-8-7-16(13-18(19)27(30,31)32)34-26(39)36-21-5-3-4-17(24(21)29)25(38)15-6-9-20-22(12-15)35-23(14-33-20)37-10-1-2-11-37/h3-9,12-14H,1-2,10-11H2,(H2,34,36,39). The molecule has 200 valence electrons. The van der Waals surface area contributed by atoms with Crippen molar-refractivity contribution in [1.82, 2.24) is 9.97 Å². The van der Waals surface area contributed by atoms with Crippen LogP contribution in [0.5, 0.6) is 0 Å². The number of amides is 2. The van der Waals surface area contributed by atoms with Crippen molar-refractivity contribution >= 4 is 51.6 Å². The first-order valence-corrected chi connectivity index (χ1v) is 12.3. The molecule has 1 aromatic heterocycles. The van der Waals surface area contributed by atoms with Crippen molar-refractivity contribution in [2.45, 2.75) is 19.0 Å². The van der Waals surface area contributed by atoms with Crippen LogP contribution < -0.4 is 15.5 Å². The largest absolute Gasteiger partial charge is 0.417 e. The van der Waals surface area contributed by atoms with E-state index in [1.165, 1.54) is 36.4 Å². The van der Waals surface area contributed by atoms with Crippen LogP contribution in [0, 0.1) is 5.82 Å². The first-order chi connectivity index (χ1) is 18.6. The van der Waals surface area contributed by atoms with E-state index in [4.69, 9.17) is 11.6 Å². The van der Waals surface area contributed by atoms with Gasteiger partial charge in [-0.1, -0.05) is 17.7 Å². The summed E-state index contributed by atoms with van der Waals surface area (Å²) in [6, 6.07) is 10.4. The molecule has 7 nitrogen and oxygen atoms in total. The predicted molar refractivity (Wildman–Crippen MR) is 140 cm³/mol. The minimum absolute atomic E-state index is 0.178. The van der Waals surface area contributed by atoms with Crippen LogP contribution in [0.1, 0.15) is 34.3 Å². The lowest BCUT2D eigenvalue weighted by atomic mass is 10.0. The fraction of sp³-hybridized carbons (Fsp3) is 0.185. The predicted octanol–water partition coefficient (Wildman–Crippen LogP) is 6.92. The third-order valence-corrected chi connectivity index (χ3v) is 6.57. The van der Waals surface area contributed by atoms with Gasteiger partial charge < -0.3 is 15.5 Å². The van der Waals surface area contributed by atoms with Gasteiger partial charge in [-0.2, -0.15) is 13.2 Å². The molecular formula is C27H20ClF4N5O2. The normalized spacial score (nSPS) is 13.5. The molecule has 0 saturated carbocycles. The smallest absolute Gasteiger partial charge is 0.355 e. The summed E-state index contributed by atoms with van der Waals surface area (Å²) >= 11 is 5.60. The highest BCUT2D eigenvalue weighted by molar-refractivity contribution is 6.31. The van der Waals surface area contributed by atoms with Gasteiger partial charge in [0.15, 0.2) is 11.6 Å². The Hall–Kier alpha value is -4.25. The molecule has 2 amide bonds. The maximum Gasteiger partial charge on any atom is 0.417 e. The van der Waals surface area contributed by atoms with E-state index in [0.29, 0.717) is 22.9 Å². The molecule has 0 atom stereocenters. The van der Waals surface area contributed by atoms with E-state index in [2.05, 4.69) is 25.5 Å². The molecule has 1 fully saturated rings. The van der Waals surface area contributed by atoms with E-state index in [9.17, 15) is 22.8 Å². The quantitative estimate of drug-likeness (QED) is 0.205.